The highest BCUT2D eigenvalue weighted by Gasteiger charge is 2.11. The Morgan fingerprint density at radius 3 is 2.59 bits per heavy atom. The molecule has 0 aliphatic carbocycles. The highest BCUT2D eigenvalue weighted by atomic mass is 35.5. The Labute approximate surface area is 104 Å². The van der Waals surface area contributed by atoms with Crippen molar-refractivity contribution in [1.29, 1.82) is 0 Å². The van der Waals surface area contributed by atoms with E-state index in [9.17, 15) is 4.39 Å². The van der Waals surface area contributed by atoms with Gasteiger partial charge >= 0.3 is 0 Å². The maximum absolute atomic E-state index is 13.7. The summed E-state index contributed by atoms with van der Waals surface area (Å²) in [5, 5.41) is 0.516. The SMILES string of the molecule is COc1ccc(Cl)cc1-c1cc(N)ccc1F. The first-order valence-corrected chi connectivity index (χ1v) is 5.38. The van der Waals surface area contributed by atoms with Gasteiger partial charge in [-0.1, -0.05) is 11.6 Å². The molecule has 2 aromatic carbocycles. The van der Waals surface area contributed by atoms with Crippen LogP contribution in [0.15, 0.2) is 36.4 Å². The molecule has 2 nitrogen and oxygen atoms in total. The predicted molar refractivity (Wildman–Crippen MR) is 67.8 cm³/mol. The van der Waals surface area contributed by atoms with Crippen LogP contribution in [0.4, 0.5) is 10.1 Å². The van der Waals surface area contributed by atoms with Gasteiger partial charge < -0.3 is 10.5 Å². The molecule has 0 atom stereocenters. The van der Waals surface area contributed by atoms with Gasteiger partial charge in [-0.05, 0) is 36.4 Å². The van der Waals surface area contributed by atoms with Crippen molar-refractivity contribution < 1.29 is 9.13 Å². The Hall–Kier alpha value is -1.74. The van der Waals surface area contributed by atoms with Gasteiger partial charge in [-0.2, -0.15) is 0 Å². The van der Waals surface area contributed by atoms with Crippen LogP contribution in [-0.4, -0.2) is 7.11 Å². The van der Waals surface area contributed by atoms with Gasteiger partial charge in [-0.25, -0.2) is 4.39 Å². The first-order valence-electron chi connectivity index (χ1n) is 5.01. The Balaban J connectivity index is 2.66. The van der Waals surface area contributed by atoms with Crippen molar-refractivity contribution in [1.82, 2.24) is 0 Å². The third-order valence-electron chi connectivity index (χ3n) is 2.44. The molecule has 0 saturated carbocycles. The number of nitrogens with two attached hydrogens (primary N) is 1. The number of methoxy groups -OCH3 is 1. The molecule has 0 aliphatic heterocycles. The summed E-state index contributed by atoms with van der Waals surface area (Å²) in [6.45, 7) is 0. The second-order valence-electron chi connectivity index (χ2n) is 3.58. The Kier molecular flexibility index (Phi) is 3.20. The molecule has 0 unspecified atom stereocenters. The van der Waals surface area contributed by atoms with Crippen LogP contribution in [0.2, 0.25) is 5.02 Å². The lowest BCUT2D eigenvalue weighted by molar-refractivity contribution is 0.416. The second-order valence-corrected chi connectivity index (χ2v) is 4.02. The van der Waals surface area contributed by atoms with E-state index in [0.717, 1.165) is 0 Å². The average molecular weight is 252 g/mol. The first kappa shape index (κ1) is 11.7. The van der Waals surface area contributed by atoms with E-state index < -0.39 is 0 Å². The molecule has 0 bridgehead atoms. The van der Waals surface area contributed by atoms with Crippen LogP contribution in [0.25, 0.3) is 11.1 Å². The molecule has 17 heavy (non-hydrogen) atoms. The number of ether oxygens (including phenoxy) is 1. The molecular weight excluding hydrogens is 241 g/mol. The van der Waals surface area contributed by atoms with E-state index >= 15 is 0 Å². The third kappa shape index (κ3) is 2.34. The zero-order chi connectivity index (χ0) is 12.4. The van der Waals surface area contributed by atoms with Crippen LogP contribution in [0, 0.1) is 5.82 Å². The predicted octanol–water partition coefficient (Wildman–Crippen LogP) is 3.74. The standard InChI is InChI=1S/C13H11ClFNO/c1-17-13-5-2-8(14)6-11(13)10-7-9(16)3-4-12(10)15/h2-7H,16H2,1H3. The van der Waals surface area contributed by atoms with E-state index in [1.54, 1.807) is 24.3 Å². The number of benzene rings is 2. The van der Waals surface area contributed by atoms with Gasteiger partial charge in [0.2, 0.25) is 0 Å². The summed E-state index contributed by atoms with van der Waals surface area (Å²) in [6, 6.07) is 9.43. The topological polar surface area (TPSA) is 35.2 Å². The molecular formula is C13H11ClFNO. The van der Waals surface area contributed by atoms with Gasteiger partial charge in [0.1, 0.15) is 11.6 Å². The van der Waals surface area contributed by atoms with E-state index in [-0.39, 0.29) is 5.82 Å². The van der Waals surface area contributed by atoms with Crippen LogP contribution in [0.1, 0.15) is 0 Å². The molecule has 88 valence electrons. The molecule has 0 fully saturated rings. The molecule has 0 aliphatic rings. The lowest BCUT2D eigenvalue weighted by atomic mass is 10.0. The van der Waals surface area contributed by atoms with Crippen molar-refractivity contribution in [2.24, 2.45) is 0 Å². The largest absolute Gasteiger partial charge is 0.496 e. The fourth-order valence-electron chi connectivity index (χ4n) is 1.64. The van der Waals surface area contributed by atoms with Crippen molar-refractivity contribution in [3.63, 3.8) is 0 Å². The summed E-state index contributed by atoms with van der Waals surface area (Å²) in [4.78, 5) is 0. The van der Waals surface area contributed by atoms with Gasteiger partial charge in [-0.3, -0.25) is 0 Å². The van der Waals surface area contributed by atoms with Crippen LogP contribution in [-0.2, 0) is 0 Å². The highest BCUT2D eigenvalue weighted by molar-refractivity contribution is 6.31. The van der Waals surface area contributed by atoms with E-state index in [1.807, 2.05) is 0 Å². The molecule has 4 heteroatoms. The van der Waals surface area contributed by atoms with Crippen molar-refractivity contribution in [2.45, 2.75) is 0 Å². The zero-order valence-electron chi connectivity index (χ0n) is 9.21. The van der Waals surface area contributed by atoms with E-state index in [0.29, 0.717) is 27.6 Å². The molecule has 2 aromatic rings. The summed E-state index contributed by atoms with van der Waals surface area (Å²) in [5.41, 5.74) is 7.11. The minimum atomic E-state index is -0.361. The number of anilines is 1. The smallest absolute Gasteiger partial charge is 0.131 e. The quantitative estimate of drug-likeness (QED) is 0.826. The van der Waals surface area contributed by atoms with Gasteiger partial charge in [0.15, 0.2) is 0 Å². The maximum atomic E-state index is 13.7. The van der Waals surface area contributed by atoms with Gasteiger partial charge in [0.25, 0.3) is 0 Å². The van der Waals surface area contributed by atoms with Crippen LogP contribution in [0.5, 0.6) is 5.75 Å². The highest BCUT2D eigenvalue weighted by Crippen LogP contribution is 2.34. The molecule has 0 spiro atoms. The summed E-state index contributed by atoms with van der Waals surface area (Å²) < 4.78 is 18.9. The molecule has 0 aromatic heterocycles. The fourth-order valence-corrected chi connectivity index (χ4v) is 1.81. The molecule has 0 saturated heterocycles. The van der Waals surface area contributed by atoms with E-state index in [1.165, 1.54) is 19.2 Å². The number of hydrogen-bond donors (Lipinski definition) is 1. The van der Waals surface area contributed by atoms with E-state index in [2.05, 4.69) is 0 Å². The van der Waals surface area contributed by atoms with Crippen LogP contribution < -0.4 is 10.5 Å². The molecule has 0 radical (unpaired) electrons. The van der Waals surface area contributed by atoms with Gasteiger partial charge in [0.05, 0.1) is 7.11 Å². The van der Waals surface area contributed by atoms with E-state index in [4.69, 9.17) is 22.1 Å². The molecule has 2 rings (SSSR count). The number of nitrogen functional groups attached to an aromatic ring is 1. The molecule has 0 amide bonds. The van der Waals surface area contributed by atoms with Crippen LogP contribution in [0.3, 0.4) is 0 Å². The Morgan fingerprint density at radius 1 is 1.12 bits per heavy atom. The van der Waals surface area contributed by atoms with Gasteiger partial charge in [-0.15, -0.1) is 0 Å². The normalized spacial score (nSPS) is 10.3. The van der Waals surface area contributed by atoms with Crippen molar-refractivity contribution in [3.8, 4) is 16.9 Å². The third-order valence-corrected chi connectivity index (χ3v) is 2.68. The first-order chi connectivity index (χ1) is 8.11. The van der Waals surface area contributed by atoms with Crippen molar-refractivity contribution in [2.75, 3.05) is 12.8 Å². The monoisotopic (exact) mass is 251 g/mol. The van der Waals surface area contributed by atoms with Crippen molar-refractivity contribution in [3.05, 3.63) is 47.2 Å². The fraction of sp³-hybridized carbons (Fsp3) is 0.0769. The molecule has 2 N–H and O–H groups in total. The maximum Gasteiger partial charge on any atom is 0.131 e. The van der Waals surface area contributed by atoms with Crippen LogP contribution >= 0.6 is 11.6 Å². The Bertz CT molecular complexity index is 557. The minimum absolute atomic E-state index is 0.361. The Morgan fingerprint density at radius 2 is 1.88 bits per heavy atom. The second kappa shape index (κ2) is 4.63. The average Bonchev–Trinajstić information content (AvgIpc) is 2.32. The lowest BCUT2D eigenvalue weighted by Crippen LogP contribution is -1.93. The lowest BCUT2D eigenvalue weighted by Gasteiger charge is -2.10. The number of rotatable bonds is 2. The number of halogens is 2. The minimum Gasteiger partial charge on any atom is -0.496 e. The van der Waals surface area contributed by atoms with Crippen molar-refractivity contribution >= 4 is 17.3 Å². The zero-order valence-corrected chi connectivity index (χ0v) is 9.96. The summed E-state index contributed by atoms with van der Waals surface area (Å²) in [6.07, 6.45) is 0. The number of hydrogen-bond acceptors (Lipinski definition) is 2. The van der Waals surface area contributed by atoms with Gasteiger partial charge in [0, 0.05) is 21.8 Å². The summed E-state index contributed by atoms with van der Waals surface area (Å²) >= 11 is 5.91. The summed E-state index contributed by atoms with van der Waals surface area (Å²) in [5.74, 6) is 0.193. The molecule has 0 heterocycles. The summed E-state index contributed by atoms with van der Waals surface area (Å²) in [7, 11) is 1.52.